The first-order valence-corrected chi connectivity index (χ1v) is 13.9. The van der Waals surface area contributed by atoms with Crippen molar-refractivity contribution < 1.29 is 17.6 Å². The van der Waals surface area contributed by atoms with Gasteiger partial charge in [-0.2, -0.15) is 0 Å². The van der Waals surface area contributed by atoms with E-state index in [2.05, 4.69) is 4.98 Å². The third-order valence-electron chi connectivity index (χ3n) is 6.62. The van der Waals surface area contributed by atoms with E-state index in [1.807, 2.05) is 61.5 Å². The van der Waals surface area contributed by atoms with Crippen LogP contribution in [0.3, 0.4) is 0 Å². The van der Waals surface area contributed by atoms with Gasteiger partial charge in [0, 0.05) is 11.6 Å². The van der Waals surface area contributed by atoms with E-state index >= 15 is 0 Å². The molecule has 6 nitrogen and oxygen atoms in total. The number of nitrogens with zero attached hydrogens (tertiary/aromatic N) is 3. The Balaban J connectivity index is 1.51. The van der Waals surface area contributed by atoms with Crippen molar-refractivity contribution in [3.63, 3.8) is 0 Å². The van der Waals surface area contributed by atoms with E-state index in [4.69, 9.17) is 0 Å². The second kappa shape index (κ2) is 10.3. The van der Waals surface area contributed by atoms with Crippen molar-refractivity contribution in [2.75, 3.05) is 0 Å². The maximum absolute atomic E-state index is 13.8. The first-order valence-electron chi connectivity index (χ1n) is 12.2. The summed E-state index contributed by atoms with van der Waals surface area (Å²) in [7, 11) is -3.79. The lowest BCUT2D eigenvalue weighted by molar-refractivity contribution is 0.0725. The van der Waals surface area contributed by atoms with Crippen LogP contribution in [-0.4, -0.2) is 34.8 Å². The molecule has 1 aliphatic carbocycles. The van der Waals surface area contributed by atoms with Crippen molar-refractivity contribution >= 4 is 15.7 Å². The molecular formula is C29H28FN3O3S. The van der Waals surface area contributed by atoms with Crippen LogP contribution in [0, 0.1) is 12.7 Å². The molecule has 3 aromatic carbocycles. The number of carbonyl (C=O) groups is 1. The van der Waals surface area contributed by atoms with Gasteiger partial charge in [-0.15, -0.1) is 0 Å². The van der Waals surface area contributed by atoms with Gasteiger partial charge < -0.3 is 9.47 Å². The normalized spacial score (nSPS) is 13.5. The minimum Gasteiger partial charge on any atom is -0.330 e. The summed E-state index contributed by atoms with van der Waals surface area (Å²) in [5, 5.41) is -0.0245. The fourth-order valence-corrected chi connectivity index (χ4v) is 6.05. The molecule has 4 aromatic rings. The topological polar surface area (TPSA) is 72.3 Å². The molecule has 0 saturated heterocycles. The second-order valence-electron chi connectivity index (χ2n) is 9.46. The van der Waals surface area contributed by atoms with Gasteiger partial charge >= 0.3 is 0 Å². The highest BCUT2D eigenvalue weighted by Crippen LogP contribution is 2.31. The van der Waals surface area contributed by atoms with Crippen LogP contribution in [0.25, 0.3) is 0 Å². The third kappa shape index (κ3) is 5.64. The highest BCUT2D eigenvalue weighted by Gasteiger charge is 2.35. The van der Waals surface area contributed by atoms with Crippen molar-refractivity contribution in [1.82, 2.24) is 14.5 Å². The average Bonchev–Trinajstić information content (AvgIpc) is 3.65. The summed E-state index contributed by atoms with van der Waals surface area (Å²) in [6.45, 7) is 2.36. The molecule has 1 heterocycles. The van der Waals surface area contributed by atoms with E-state index < -0.39 is 15.7 Å². The van der Waals surface area contributed by atoms with Gasteiger partial charge in [-0.1, -0.05) is 60.7 Å². The second-order valence-corrected chi connectivity index (χ2v) is 11.3. The molecule has 37 heavy (non-hydrogen) atoms. The Bertz CT molecular complexity index is 1530. The Labute approximate surface area is 216 Å². The zero-order chi connectivity index (χ0) is 26.0. The number of benzene rings is 3. The third-order valence-corrected chi connectivity index (χ3v) is 8.20. The quantitative estimate of drug-likeness (QED) is 0.308. The Morgan fingerprint density at radius 1 is 1.03 bits per heavy atom. The maximum Gasteiger partial charge on any atom is 0.254 e. The number of hydrogen-bond donors (Lipinski definition) is 0. The molecule has 1 fully saturated rings. The predicted octanol–water partition coefficient (Wildman–Crippen LogP) is 5.16. The molecule has 1 aromatic heterocycles. The molecule has 190 valence electrons. The molecule has 8 heteroatoms. The molecular weight excluding hydrogens is 489 g/mol. The van der Waals surface area contributed by atoms with Crippen molar-refractivity contribution in [2.45, 2.75) is 49.8 Å². The molecule has 1 amide bonds. The average molecular weight is 518 g/mol. The van der Waals surface area contributed by atoms with E-state index in [1.54, 1.807) is 21.7 Å². The number of carbonyl (C=O) groups excluding carboxylic acids is 1. The molecule has 0 atom stereocenters. The maximum atomic E-state index is 13.8. The highest BCUT2D eigenvalue weighted by atomic mass is 32.2. The minimum atomic E-state index is -3.79. The van der Waals surface area contributed by atoms with Crippen LogP contribution in [-0.2, 0) is 28.7 Å². The fourth-order valence-electron chi connectivity index (χ4n) is 4.46. The Kier molecular flexibility index (Phi) is 6.93. The van der Waals surface area contributed by atoms with Gasteiger partial charge in [0.05, 0.1) is 30.7 Å². The number of aryl methyl sites for hydroxylation is 1. The van der Waals surface area contributed by atoms with Gasteiger partial charge in [-0.25, -0.2) is 17.8 Å². The van der Waals surface area contributed by atoms with E-state index in [0.717, 1.165) is 29.5 Å². The van der Waals surface area contributed by atoms with E-state index in [9.17, 15) is 17.6 Å². The van der Waals surface area contributed by atoms with Crippen LogP contribution in [0.5, 0.6) is 0 Å². The van der Waals surface area contributed by atoms with Crippen LogP contribution in [0.2, 0.25) is 0 Å². The number of sulfone groups is 1. The molecule has 5 rings (SSSR count). The van der Waals surface area contributed by atoms with E-state index in [-0.39, 0.29) is 35.0 Å². The number of aromatic nitrogens is 2. The van der Waals surface area contributed by atoms with Crippen molar-refractivity contribution in [3.8, 4) is 0 Å². The predicted molar refractivity (Wildman–Crippen MR) is 139 cm³/mol. The number of rotatable bonds is 9. The van der Waals surface area contributed by atoms with Gasteiger partial charge in [0.1, 0.15) is 5.82 Å². The van der Waals surface area contributed by atoms with Gasteiger partial charge in [0.25, 0.3) is 5.91 Å². The molecule has 0 radical (unpaired) electrons. The van der Waals surface area contributed by atoms with Gasteiger partial charge in [0.2, 0.25) is 15.0 Å². The smallest absolute Gasteiger partial charge is 0.254 e. The molecule has 1 aliphatic rings. The standard InChI is InChI=1S/C29H28FN3O3S/c1-21-8-5-6-11-24(21)20-37(35,36)29-31-17-27(33(29)18-22-9-3-2-4-10-22)19-32(26-14-15-26)28(34)23-12-7-13-25(30)16-23/h2-13,16-17,26H,14-15,18-20H2,1H3. The SMILES string of the molecule is Cc1ccccc1CS(=O)(=O)c1ncc(CN(C(=O)c2cccc(F)c2)C2CC2)n1Cc1ccccc1. The molecule has 0 spiro atoms. The van der Waals surface area contributed by atoms with Crippen molar-refractivity contribution in [1.29, 1.82) is 0 Å². The summed E-state index contributed by atoms with van der Waals surface area (Å²) in [5.41, 5.74) is 3.42. The van der Waals surface area contributed by atoms with Gasteiger partial charge in [-0.05, 0) is 54.7 Å². The summed E-state index contributed by atoms with van der Waals surface area (Å²) in [6, 6.07) is 22.6. The van der Waals surface area contributed by atoms with E-state index in [1.165, 1.54) is 18.2 Å². The highest BCUT2D eigenvalue weighted by molar-refractivity contribution is 7.90. The summed E-state index contributed by atoms with van der Waals surface area (Å²) >= 11 is 0. The summed E-state index contributed by atoms with van der Waals surface area (Å²) in [5.74, 6) is -0.918. The van der Waals surface area contributed by atoms with Crippen LogP contribution >= 0.6 is 0 Å². The summed E-state index contributed by atoms with van der Waals surface area (Å²) < 4.78 is 42.7. The zero-order valence-corrected chi connectivity index (χ0v) is 21.4. The Morgan fingerprint density at radius 2 is 1.76 bits per heavy atom. The first kappa shape index (κ1) is 24.9. The van der Waals surface area contributed by atoms with Crippen LogP contribution in [0.1, 0.15) is 45.6 Å². The number of hydrogen-bond acceptors (Lipinski definition) is 4. The fraction of sp³-hybridized carbons (Fsp3) is 0.241. The monoisotopic (exact) mass is 517 g/mol. The van der Waals surface area contributed by atoms with Gasteiger partial charge in [-0.3, -0.25) is 4.79 Å². The van der Waals surface area contributed by atoms with E-state index in [0.29, 0.717) is 12.2 Å². The first-order chi connectivity index (χ1) is 17.8. The number of amides is 1. The van der Waals surface area contributed by atoms with Crippen LogP contribution in [0.4, 0.5) is 4.39 Å². The van der Waals surface area contributed by atoms with Crippen LogP contribution in [0.15, 0.2) is 90.2 Å². The molecule has 0 bridgehead atoms. The zero-order valence-electron chi connectivity index (χ0n) is 20.5. The van der Waals surface area contributed by atoms with Crippen molar-refractivity contribution in [2.24, 2.45) is 0 Å². The number of halogens is 1. The lowest BCUT2D eigenvalue weighted by atomic mass is 10.1. The molecule has 1 saturated carbocycles. The Hall–Kier alpha value is -3.78. The number of imidazole rings is 1. The largest absolute Gasteiger partial charge is 0.330 e. The summed E-state index contributed by atoms with van der Waals surface area (Å²) in [4.78, 5) is 19.4. The molecule has 0 unspecified atom stereocenters. The lowest BCUT2D eigenvalue weighted by Crippen LogP contribution is -2.33. The Morgan fingerprint density at radius 3 is 2.46 bits per heavy atom. The van der Waals surface area contributed by atoms with Crippen LogP contribution < -0.4 is 0 Å². The minimum absolute atomic E-state index is 0.0245. The molecule has 0 aliphatic heterocycles. The molecule has 0 N–H and O–H groups in total. The summed E-state index contributed by atoms with van der Waals surface area (Å²) in [6.07, 6.45) is 3.25. The van der Waals surface area contributed by atoms with Gasteiger partial charge in [0.15, 0.2) is 0 Å². The van der Waals surface area contributed by atoms with Crippen molar-refractivity contribution in [3.05, 3.63) is 119 Å². The lowest BCUT2D eigenvalue weighted by Gasteiger charge is -2.24.